The highest BCUT2D eigenvalue weighted by atomic mass is 16.5. The van der Waals surface area contributed by atoms with Crippen molar-refractivity contribution in [2.24, 2.45) is 0 Å². The average Bonchev–Trinajstić information content (AvgIpc) is 2.95. The van der Waals surface area contributed by atoms with Gasteiger partial charge in [0.05, 0.1) is 14.2 Å². The van der Waals surface area contributed by atoms with Crippen molar-refractivity contribution in [1.29, 1.82) is 0 Å². The summed E-state index contributed by atoms with van der Waals surface area (Å²) in [5.41, 5.74) is 0.174. The molecule has 7 nitrogen and oxygen atoms in total. The van der Waals surface area contributed by atoms with E-state index in [0.29, 0.717) is 5.95 Å². The van der Waals surface area contributed by atoms with E-state index in [1.54, 1.807) is 0 Å². The summed E-state index contributed by atoms with van der Waals surface area (Å²) in [5.74, 6) is 0.488. The van der Waals surface area contributed by atoms with Gasteiger partial charge in [0.2, 0.25) is 5.95 Å². The van der Waals surface area contributed by atoms with Crippen molar-refractivity contribution in [3.63, 3.8) is 0 Å². The lowest BCUT2D eigenvalue weighted by atomic mass is 9.96. The molecule has 0 atom stereocenters. The summed E-state index contributed by atoms with van der Waals surface area (Å²) in [6.07, 6.45) is 4.91. The molecule has 1 heterocycles. The molecule has 0 aliphatic heterocycles. The predicted molar refractivity (Wildman–Crippen MR) is 76.3 cm³/mol. The van der Waals surface area contributed by atoms with Crippen LogP contribution >= 0.6 is 0 Å². The monoisotopic (exact) mass is 281 g/mol. The van der Waals surface area contributed by atoms with Crippen molar-refractivity contribution in [2.45, 2.75) is 31.2 Å². The van der Waals surface area contributed by atoms with E-state index in [9.17, 15) is 0 Å². The van der Waals surface area contributed by atoms with Crippen LogP contribution in [0.4, 0.5) is 5.95 Å². The van der Waals surface area contributed by atoms with Gasteiger partial charge >= 0.3 is 12.0 Å². The lowest BCUT2D eigenvalue weighted by Gasteiger charge is -2.36. The van der Waals surface area contributed by atoms with Crippen molar-refractivity contribution < 1.29 is 9.47 Å². The molecule has 112 valence electrons. The molecule has 0 unspecified atom stereocenters. The first kappa shape index (κ1) is 14.8. The number of anilines is 1. The van der Waals surface area contributed by atoms with Gasteiger partial charge in [0.15, 0.2) is 0 Å². The second-order valence-electron chi connectivity index (χ2n) is 5.31. The van der Waals surface area contributed by atoms with E-state index >= 15 is 0 Å². The number of rotatable bonds is 6. The third-order valence-corrected chi connectivity index (χ3v) is 4.02. The Hall–Kier alpha value is -1.63. The van der Waals surface area contributed by atoms with Gasteiger partial charge in [-0.2, -0.15) is 9.97 Å². The highest BCUT2D eigenvalue weighted by molar-refractivity contribution is 5.28. The summed E-state index contributed by atoms with van der Waals surface area (Å²) < 4.78 is 10.1. The van der Waals surface area contributed by atoms with E-state index in [1.165, 1.54) is 39.9 Å². The number of hydrogen-bond donors (Lipinski definition) is 1. The molecule has 7 heteroatoms. The van der Waals surface area contributed by atoms with E-state index in [-0.39, 0.29) is 17.6 Å². The molecule has 1 aromatic heterocycles. The molecule has 1 aliphatic rings. The lowest BCUT2D eigenvalue weighted by molar-refractivity contribution is 0.172. The fourth-order valence-electron chi connectivity index (χ4n) is 2.66. The lowest BCUT2D eigenvalue weighted by Crippen LogP contribution is -2.47. The van der Waals surface area contributed by atoms with E-state index in [4.69, 9.17) is 9.47 Å². The molecule has 0 amide bonds. The van der Waals surface area contributed by atoms with E-state index in [1.807, 2.05) is 0 Å². The van der Waals surface area contributed by atoms with Crippen LogP contribution < -0.4 is 14.8 Å². The van der Waals surface area contributed by atoms with E-state index in [0.717, 1.165) is 6.54 Å². The average molecular weight is 281 g/mol. The maximum absolute atomic E-state index is 5.05. The summed E-state index contributed by atoms with van der Waals surface area (Å²) in [6.45, 7) is 0.802. The second kappa shape index (κ2) is 6.21. The maximum atomic E-state index is 5.05. The Morgan fingerprint density at radius 1 is 1.05 bits per heavy atom. The van der Waals surface area contributed by atoms with Crippen LogP contribution in [0.25, 0.3) is 0 Å². The van der Waals surface area contributed by atoms with Gasteiger partial charge in [-0.05, 0) is 26.9 Å². The standard InChI is InChI=1S/C13H23N5O2/c1-18(2)13(7-5-6-8-13)9-14-10-15-11(19-3)17-12(16-10)20-4/h5-9H2,1-4H3,(H,14,15,16,17). The van der Waals surface area contributed by atoms with Gasteiger partial charge in [-0.25, -0.2) is 0 Å². The number of likely N-dealkylation sites (N-methyl/N-ethyl adjacent to an activating group) is 1. The van der Waals surface area contributed by atoms with Gasteiger partial charge in [-0.1, -0.05) is 12.8 Å². The molecule has 2 rings (SSSR count). The Kier molecular flexibility index (Phi) is 4.59. The van der Waals surface area contributed by atoms with Gasteiger partial charge in [0, 0.05) is 12.1 Å². The molecule has 1 N–H and O–H groups in total. The zero-order chi connectivity index (χ0) is 14.6. The summed E-state index contributed by atoms with van der Waals surface area (Å²) in [4.78, 5) is 14.7. The highest BCUT2D eigenvalue weighted by Crippen LogP contribution is 2.33. The first-order valence-corrected chi connectivity index (χ1v) is 6.85. The molecule has 20 heavy (non-hydrogen) atoms. The van der Waals surface area contributed by atoms with E-state index in [2.05, 4.69) is 39.3 Å². The largest absolute Gasteiger partial charge is 0.467 e. The van der Waals surface area contributed by atoms with Crippen LogP contribution in [0.5, 0.6) is 12.0 Å². The number of methoxy groups -OCH3 is 2. The van der Waals surface area contributed by atoms with Crippen LogP contribution in [0.3, 0.4) is 0 Å². The summed E-state index contributed by atoms with van der Waals surface area (Å²) >= 11 is 0. The van der Waals surface area contributed by atoms with Gasteiger partial charge in [0.1, 0.15) is 0 Å². The quantitative estimate of drug-likeness (QED) is 0.839. The molecule has 0 radical (unpaired) electrons. The van der Waals surface area contributed by atoms with Gasteiger partial charge in [0.25, 0.3) is 0 Å². The molecule has 1 fully saturated rings. The Morgan fingerprint density at radius 2 is 1.60 bits per heavy atom. The van der Waals surface area contributed by atoms with Crippen molar-refractivity contribution in [1.82, 2.24) is 19.9 Å². The van der Waals surface area contributed by atoms with Crippen molar-refractivity contribution >= 4 is 5.95 Å². The van der Waals surface area contributed by atoms with Crippen LogP contribution in [0.15, 0.2) is 0 Å². The number of nitrogens with zero attached hydrogens (tertiary/aromatic N) is 4. The van der Waals surface area contributed by atoms with Crippen LogP contribution in [-0.4, -0.2) is 60.3 Å². The molecular formula is C13H23N5O2. The topological polar surface area (TPSA) is 72.4 Å². The molecular weight excluding hydrogens is 258 g/mol. The van der Waals surface area contributed by atoms with Crippen molar-refractivity contribution in [3.8, 4) is 12.0 Å². The minimum absolute atomic E-state index is 0.174. The summed E-state index contributed by atoms with van der Waals surface area (Å²) in [5, 5.41) is 3.29. The summed E-state index contributed by atoms with van der Waals surface area (Å²) in [7, 11) is 7.30. The number of hydrogen-bond acceptors (Lipinski definition) is 7. The van der Waals surface area contributed by atoms with Gasteiger partial charge < -0.3 is 19.7 Å². The van der Waals surface area contributed by atoms with Gasteiger partial charge in [-0.15, -0.1) is 4.98 Å². The number of nitrogens with one attached hydrogen (secondary N) is 1. The molecule has 1 aromatic rings. The molecule has 1 saturated carbocycles. The normalized spacial score (nSPS) is 17.2. The Labute approximate surface area is 119 Å². The van der Waals surface area contributed by atoms with Crippen LogP contribution in [0.1, 0.15) is 25.7 Å². The van der Waals surface area contributed by atoms with Crippen LogP contribution in [-0.2, 0) is 0 Å². The van der Waals surface area contributed by atoms with Crippen LogP contribution in [0.2, 0.25) is 0 Å². The number of aromatic nitrogens is 3. The predicted octanol–water partition coefficient (Wildman–Crippen LogP) is 1.18. The molecule has 1 aliphatic carbocycles. The van der Waals surface area contributed by atoms with Crippen molar-refractivity contribution in [2.75, 3.05) is 40.2 Å². The molecule has 0 saturated heterocycles. The zero-order valence-corrected chi connectivity index (χ0v) is 12.6. The smallest absolute Gasteiger partial charge is 0.324 e. The van der Waals surface area contributed by atoms with Gasteiger partial charge in [-0.3, -0.25) is 0 Å². The van der Waals surface area contributed by atoms with E-state index < -0.39 is 0 Å². The number of ether oxygens (including phenoxy) is 2. The molecule has 0 spiro atoms. The Bertz CT molecular complexity index is 424. The maximum Gasteiger partial charge on any atom is 0.324 e. The SMILES string of the molecule is COc1nc(NCC2(N(C)C)CCCC2)nc(OC)n1. The minimum atomic E-state index is 0.174. The first-order valence-electron chi connectivity index (χ1n) is 6.85. The first-order chi connectivity index (χ1) is 9.59. The Balaban J connectivity index is 2.09. The van der Waals surface area contributed by atoms with Crippen LogP contribution in [0, 0.1) is 0 Å². The zero-order valence-electron chi connectivity index (χ0n) is 12.6. The minimum Gasteiger partial charge on any atom is -0.467 e. The van der Waals surface area contributed by atoms with Crippen molar-refractivity contribution in [3.05, 3.63) is 0 Å². The molecule has 0 aromatic carbocycles. The Morgan fingerprint density at radius 3 is 2.05 bits per heavy atom. The second-order valence-corrected chi connectivity index (χ2v) is 5.31. The highest BCUT2D eigenvalue weighted by Gasteiger charge is 2.35. The fraction of sp³-hybridized carbons (Fsp3) is 0.769. The third-order valence-electron chi connectivity index (χ3n) is 4.02. The fourth-order valence-corrected chi connectivity index (χ4v) is 2.66. The molecule has 0 bridgehead atoms. The summed E-state index contributed by atoms with van der Waals surface area (Å²) in [6, 6.07) is 0.509. The third kappa shape index (κ3) is 3.09.